The molecule has 0 atom stereocenters. The SMILES string of the molecule is O=C(NN=Cc1cc(N=Nc2ccccc2Cl)ccc1O)c1cccc(Br)c1. The number of carbonyl (C=O) groups excluding carboxylic acids is 1. The number of rotatable bonds is 5. The zero-order valence-electron chi connectivity index (χ0n) is 14.4. The second-order valence-corrected chi connectivity index (χ2v) is 6.93. The maximum absolute atomic E-state index is 12.1. The van der Waals surface area contributed by atoms with Crippen molar-refractivity contribution in [1.29, 1.82) is 0 Å². The van der Waals surface area contributed by atoms with E-state index >= 15 is 0 Å². The van der Waals surface area contributed by atoms with Crippen molar-refractivity contribution in [2.75, 3.05) is 0 Å². The van der Waals surface area contributed by atoms with E-state index < -0.39 is 0 Å². The third-order valence-electron chi connectivity index (χ3n) is 3.59. The molecule has 0 aliphatic rings. The van der Waals surface area contributed by atoms with Crippen molar-refractivity contribution in [3.05, 3.63) is 87.4 Å². The van der Waals surface area contributed by atoms with E-state index in [4.69, 9.17) is 11.6 Å². The van der Waals surface area contributed by atoms with Crippen LogP contribution in [-0.2, 0) is 0 Å². The highest BCUT2D eigenvalue weighted by Crippen LogP contribution is 2.27. The van der Waals surface area contributed by atoms with Crippen molar-refractivity contribution >= 4 is 51.0 Å². The standard InChI is InChI=1S/C20H14BrClN4O2/c21-15-5-3-4-13(10-15)20(28)26-23-12-14-11-16(8-9-19(14)27)24-25-18-7-2-1-6-17(18)22/h1-12,27H,(H,26,28). The molecule has 3 aromatic carbocycles. The Labute approximate surface area is 174 Å². The summed E-state index contributed by atoms with van der Waals surface area (Å²) in [7, 11) is 0. The average molecular weight is 458 g/mol. The van der Waals surface area contributed by atoms with E-state index in [1.807, 2.05) is 12.1 Å². The number of nitrogens with one attached hydrogen (secondary N) is 1. The largest absolute Gasteiger partial charge is 0.507 e. The maximum atomic E-state index is 12.1. The molecule has 0 fully saturated rings. The molecule has 0 unspecified atom stereocenters. The van der Waals surface area contributed by atoms with Crippen molar-refractivity contribution in [2.45, 2.75) is 0 Å². The van der Waals surface area contributed by atoms with Crippen molar-refractivity contribution in [2.24, 2.45) is 15.3 Å². The molecule has 3 rings (SSSR count). The first-order valence-corrected chi connectivity index (χ1v) is 9.28. The second kappa shape index (κ2) is 9.25. The third-order valence-corrected chi connectivity index (χ3v) is 4.41. The van der Waals surface area contributed by atoms with Gasteiger partial charge in [-0.15, -0.1) is 5.11 Å². The number of benzene rings is 3. The highest BCUT2D eigenvalue weighted by molar-refractivity contribution is 9.10. The average Bonchev–Trinajstić information content (AvgIpc) is 2.69. The minimum absolute atomic E-state index is 0.00264. The van der Waals surface area contributed by atoms with Gasteiger partial charge in [0.05, 0.1) is 16.9 Å². The number of amides is 1. The van der Waals surface area contributed by atoms with Crippen LogP contribution in [-0.4, -0.2) is 17.2 Å². The number of carbonyl (C=O) groups is 1. The summed E-state index contributed by atoms with van der Waals surface area (Å²) in [4.78, 5) is 12.1. The van der Waals surface area contributed by atoms with E-state index in [9.17, 15) is 9.90 Å². The minimum atomic E-state index is -0.369. The smallest absolute Gasteiger partial charge is 0.271 e. The van der Waals surface area contributed by atoms with Crippen LogP contribution in [0.2, 0.25) is 5.02 Å². The number of phenolic OH excluding ortho intramolecular Hbond substituents is 1. The van der Waals surface area contributed by atoms with Crippen molar-refractivity contribution in [3.8, 4) is 5.75 Å². The lowest BCUT2D eigenvalue weighted by Gasteiger charge is -2.02. The van der Waals surface area contributed by atoms with E-state index in [2.05, 4.69) is 36.7 Å². The lowest BCUT2D eigenvalue weighted by molar-refractivity contribution is 0.0955. The van der Waals surface area contributed by atoms with Crippen molar-refractivity contribution in [3.63, 3.8) is 0 Å². The quantitative estimate of drug-likeness (QED) is 0.280. The van der Waals surface area contributed by atoms with Gasteiger partial charge in [-0.3, -0.25) is 4.79 Å². The molecule has 140 valence electrons. The molecular weight excluding hydrogens is 444 g/mol. The van der Waals surface area contributed by atoms with Crippen LogP contribution in [0.4, 0.5) is 11.4 Å². The van der Waals surface area contributed by atoms with Gasteiger partial charge < -0.3 is 5.11 Å². The van der Waals surface area contributed by atoms with E-state index in [0.29, 0.717) is 27.5 Å². The number of azo groups is 1. The van der Waals surface area contributed by atoms with Crippen LogP contribution in [0, 0.1) is 0 Å². The monoisotopic (exact) mass is 456 g/mol. The number of hydrogen-bond acceptors (Lipinski definition) is 5. The van der Waals surface area contributed by atoms with Gasteiger partial charge in [0, 0.05) is 15.6 Å². The van der Waals surface area contributed by atoms with E-state index in [-0.39, 0.29) is 11.7 Å². The van der Waals surface area contributed by atoms with E-state index in [1.54, 1.807) is 48.5 Å². The third kappa shape index (κ3) is 5.25. The Morgan fingerprint density at radius 2 is 1.86 bits per heavy atom. The molecule has 8 heteroatoms. The Kier molecular flexibility index (Phi) is 6.52. The molecule has 3 aromatic rings. The molecule has 28 heavy (non-hydrogen) atoms. The molecule has 1 amide bonds. The summed E-state index contributed by atoms with van der Waals surface area (Å²) in [5, 5.41) is 22.6. The molecule has 0 saturated heterocycles. The van der Waals surface area contributed by atoms with Gasteiger partial charge in [0.15, 0.2) is 0 Å². The van der Waals surface area contributed by atoms with Crippen molar-refractivity contribution < 1.29 is 9.90 Å². The zero-order chi connectivity index (χ0) is 19.9. The first-order valence-electron chi connectivity index (χ1n) is 8.11. The van der Waals surface area contributed by atoms with Gasteiger partial charge in [-0.2, -0.15) is 10.2 Å². The van der Waals surface area contributed by atoms with Crippen LogP contribution in [0.1, 0.15) is 15.9 Å². The molecule has 2 N–H and O–H groups in total. The van der Waals surface area contributed by atoms with Crippen LogP contribution in [0.3, 0.4) is 0 Å². The van der Waals surface area contributed by atoms with Crippen LogP contribution in [0.25, 0.3) is 0 Å². The van der Waals surface area contributed by atoms with Gasteiger partial charge in [-0.05, 0) is 48.5 Å². The van der Waals surface area contributed by atoms with Gasteiger partial charge in [-0.1, -0.05) is 45.7 Å². The Hall–Kier alpha value is -3.03. The number of aromatic hydroxyl groups is 1. The lowest BCUT2D eigenvalue weighted by Crippen LogP contribution is -2.17. The highest BCUT2D eigenvalue weighted by Gasteiger charge is 2.05. The van der Waals surface area contributed by atoms with Gasteiger partial charge in [0.2, 0.25) is 0 Å². The first kappa shape index (κ1) is 19.7. The number of halogens is 2. The fourth-order valence-electron chi connectivity index (χ4n) is 2.21. The van der Waals surface area contributed by atoms with Gasteiger partial charge >= 0.3 is 0 Å². The number of nitrogens with zero attached hydrogens (tertiary/aromatic N) is 3. The minimum Gasteiger partial charge on any atom is -0.507 e. The predicted molar refractivity (Wildman–Crippen MR) is 113 cm³/mol. The number of hydrazone groups is 1. The summed E-state index contributed by atoms with van der Waals surface area (Å²) in [6, 6.07) is 18.7. The molecule has 0 heterocycles. The van der Waals surface area contributed by atoms with Crippen molar-refractivity contribution in [1.82, 2.24) is 5.43 Å². The van der Waals surface area contributed by atoms with Crippen LogP contribution in [0.5, 0.6) is 5.75 Å². The maximum Gasteiger partial charge on any atom is 0.271 e. The van der Waals surface area contributed by atoms with E-state index in [0.717, 1.165) is 4.47 Å². The molecule has 0 saturated carbocycles. The summed E-state index contributed by atoms with van der Waals surface area (Å²) >= 11 is 9.36. The van der Waals surface area contributed by atoms with Gasteiger partial charge in [0.1, 0.15) is 11.4 Å². The van der Waals surface area contributed by atoms with Crippen LogP contribution < -0.4 is 5.43 Å². The molecular formula is C20H14BrClN4O2. The highest BCUT2D eigenvalue weighted by atomic mass is 79.9. The topological polar surface area (TPSA) is 86.4 Å². The molecule has 0 bridgehead atoms. The van der Waals surface area contributed by atoms with E-state index in [1.165, 1.54) is 12.3 Å². The Bertz CT molecular complexity index is 1070. The zero-order valence-corrected chi connectivity index (χ0v) is 16.7. The van der Waals surface area contributed by atoms with Crippen LogP contribution >= 0.6 is 27.5 Å². The Morgan fingerprint density at radius 3 is 2.64 bits per heavy atom. The lowest BCUT2D eigenvalue weighted by atomic mass is 10.2. The fraction of sp³-hybridized carbons (Fsp3) is 0. The predicted octanol–water partition coefficient (Wildman–Crippen LogP) is 5.99. The summed E-state index contributed by atoms with van der Waals surface area (Å²) in [5.41, 5.74) is 4.28. The normalized spacial score (nSPS) is 11.2. The molecule has 0 spiro atoms. The summed E-state index contributed by atoms with van der Waals surface area (Å²) in [6.07, 6.45) is 1.33. The molecule has 0 aliphatic heterocycles. The molecule has 0 aliphatic carbocycles. The van der Waals surface area contributed by atoms with Gasteiger partial charge in [-0.25, -0.2) is 5.43 Å². The summed E-state index contributed by atoms with van der Waals surface area (Å²) in [5.74, 6) is -0.372. The summed E-state index contributed by atoms with van der Waals surface area (Å²) < 4.78 is 0.790. The van der Waals surface area contributed by atoms with Gasteiger partial charge in [0.25, 0.3) is 5.91 Å². The molecule has 0 aromatic heterocycles. The number of phenols is 1. The molecule has 6 nitrogen and oxygen atoms in total. The Balaban J connectivity index is 1.72. The first-order chi connectivity index (χ1) is 13.5. The Morgan fingerprint density at radius 1 is 1.04 bits per heavy atom. The van der Waals surface area contributed by atoms with Crippen LogP contribution in [0.15, 0.2) is 86.5 Å². The second-order valence-electron chi connectivity index (χ2n) is 5.60. The summed E-state index contributed by atoms with van der Waals surface area (Å²) in [6.45, 7) is 0. The molecule has 0 radical (unpaired) electrons. The fourth-order valence-corrected chi connectivity index (χ4v) is 2.78. The number of hydrogen-bond donors (Lipinski definition) is 2.